The Bertz CT molecular complexity index is 696. The van der Waals surface area contributed by atoms with Gasteiger partial charge in [-0.2, -0.15) is 5.10 Å². The van der Waals surface area contributed by atoms with E-state index in [2.05, 4.69) is 20.7 Å². The van der Waals surface area contributed by atoms with Gasteiger partial charge in [-0.1, -0.05) is 0 Å². The quantitative estimate of drug-likeness (QED) is 0.908. The number of alkyl halides is 2. The summed E-state index contributed by atoms with van der Waals surface area (Å²) in [4.78, 5) is 16.1. The normalized spacial score (nSPS) is 13.4. The number of halogens is 2. The van der Waals surface area contributed by atoms with Gasteiger partial charge in [-0.3, -0.25) is 9.78 Å². The Hall–Kier alpha value is -2.77. The van der Waals surface area contributed by atoms with Crippen molar-refractivity contribution in [1.82, 2.24) is 14.8 Å². The lowest BCUT2D eigenvalue weighted by molar-refractivity contribution is 0.102. The Morgan fingerprint density at radius 3 is 3.00 bits per heavy atom. The Morgan fingerprint density at radius 1 is 1.43 bits per heavy atom. The van der Waals surface area contributed by atoms with Gasteiger partial charge in [0.05, 0.1) is 18.1 Å². The minimum atomic E-state index is -2.65. The van der Waals surface area contributed by atoms with Crippen LogP contribution in [0.3, 0.4) is 0 Å². The highest BCUT2D eigenvalue weighted by molar-refractivity contribution is 6.07. The van der Waals surface area contributed by atoms with Crippen molar-refractivity contribution in [3.8, 4) is 0 Å². The van der Waals surface area contributed by atoms with E-state index in [9.17, 15) is 13.6 Å². The number of carbonyl (C=O) groups is 1. The maximum absolute atomic E-state index is 12.9. The molecule has 0 fully saturated rings. The van der Waals surface area contributed by atoms with Crippen LogP contribution < -0.4 is 10.6 Å². The number of allylic oxidation sites excluding steroid dienone is 1. The van der Waals surface area contributed by atoms with E-state index < -0.39 is 12.3 Å². The third-order valence-electron chi connectivity index (χ3n) is 2.98. The van der Waals surface area contributed by atoms with Gasteiger partial charge in [0.25, 0.3) is 12.3 Å². The topological polar surface area (TPSA) is 71.8 Å². The molecule has 0 saturated carbocycles. The molecule has 0 aromatic carbocycles. The van der Waals surface area contributed by atoms with E-state index >= 15 is 0 Å². The highest BCUT2D eigenvalue weighted by atomic mass is 19.3. The molecule has 1 aliphatic heterocycles. The van der Waals surface area contributed by atoms with Crippen LogP contribution in [0.4, 0.5) is 20.3 Å². The van der Waals surface area contributed by atoms with Crippen LogP contribution in [0.25, 0.3) is 5.70 Å². The van der Waals surface area contributed by atoms with E-state index in [1.807, 2.05) is 0 Å². The fourth-order valence-corrected chi connectivity index (χ4v) is 2.04. The smallest absolute Gasteiger partial charge is 0.280 e. The summed E-state index contributed by atoms with van der Waals surface area (Å²) in [6.45, 7) is 0.221. The molecule has 21 heavy (non-hydrogen) atoms. The molecular weight excluding hydrogens is 280 g/mol. The number of aromatic nitrogens is 3. The zero-order valence-corrected chi connectivity index (χ0v) is 10.8. The van der Waals surface area contributed by atoms with Crippen LogP contribution >= 0.6 is 0 Å². The Morgan fingerprint density at radius 2 is 2.29 bits per heavy atom. The van der Waals surface area contributed by atoms with Gasteiger partial charge in [-0.25, -0.2) is 13.5 Å². The Labute approximate surface area is 118 Å². The van der Waals surface area contributed by atoms with Crippen molar-refractivity contribution in [2.75, 3.05) is 17.2 Å². The fourth-order valence-electron chi connectivity index (χ4n) is 2.04. The minimum Gasteiger partial charge on any atom is -0.366 e. The molecule has 1 aliphatic rings. The third kappa shape index (κ3) is 2.47. The van der Waals surface area contributed by atoms with Gasteiger partial charge in [-0.15, -0.1) is 0 Å². The van der Waals surface area contributed by atoms with Crippen molar-refractivity contribution in [3.63, 3.8) is 0 Å². The number of amides is 1. The van der Waals surface area contributed by atoms with Crippen molar-refractivity contribution in [2.24, 2.45) is 0 Å². The van der Waals surface area contributed by atoms with E-state index in [-0.39, 0.29) is 23.6 Å². The minimum absolute atomic E-state index is 0.199. The zero-order valence-electron chi connectivity index (χ0n) is 10.8. The summed E-state index contributed by atoms with van der Waals surface area (Å²) in [5, 5.41) is 9.37. The van der Waals surface area contributed by atoms with Crippen LogP contribution in [0.5, 0.6) is 0 Å². The number of hydrogen-bond donors (Lipinski definition) is 2. The van der Waals surface area contributed by atoms with Gasteiger partial charge in [0.2, 0.25) is 0 Å². The van der Waals surface area contributed by atoms with Gasteiger partial charge < -0.3 is 10.6 Å². The summed E-state index contributed by atoms with van der Waals surface area (Å²) >= 11 is 0. The molecular formula is C13H11F2N5O. The predicted molar refractivity (Wildman–Crippen MR) is 73.2 cm³/mol. The van der Waals surface area contributed by atoms with E-state index in [4.69, 9.17) is 0 Å². The second-order valence-electron chi connectivity index (χ2n) is 4.33. The number of carbonyl (C=O) groups excluding carboxylic acids is 1. The second kappa shape index (κ2) is 5.31. The van der Waals surface area contributed by atoms with Crippen molar-refractivity contribution in [3.05, 3.63) is 42.4 Å². The molecule has 0 radical (unpaired) electrons. The van der Waals surface area contributed by atoms with Crippen molar-refractivity contribution in [2.45, 2.75) is 6.43 Å². The SMILES string of the molecule is O=C(Nc1cccnc1)c1cnn2c1NCC=C2C(F)F. The molecule has 3 heterocycles. The van der Waals surface area contributed by atoms with Crippen LogP contribution in [0.15, 0.2) is 36.8 Å². The van der Waals surface area contributed by atoms with E-state index in [0.717, 1.165) is 4.68 Å². The molecule has 1 amide bonds. The molecule has 0 saturated heterocycles. The number of rotatable bonds is 3. The van der Waals surface area contributed by atoms with Gasteiger partial charge in [0.1, 0.15) is 17.1 Å². The first-order chi connectivity index (χ1) is 10.2. The van der Waals surface area contributed by atoms with Crippen molar-refractivity contribution < 1.29 is 13.6 Å². The second-order valence-corrected chi connectivity index (χ2v) is 4.33. The number of anilines is 2. The molecule has 8 heteroatoms. The molecule has 2 N–H and O–H groups in total. The fraction of sp³-hybridized carbons (Fsp3) is 0.154. The molecule has 3 rings (SSSR count). The van der Waals surface area contributed by atoms with Crippen LogP contribution in [-0.4, -0.2) is 33.6 Å². The van der Waals surface area contributed by atoms with Crippen molar-refractivity contribution in [1.29, 1.82) is 0 Å². The van der Waals surface area contributed by atoms with E-state index in [1.165, 1.54) is 18.5 Å². The first kappa shape index (κ1) is 13.2. The first-order valence-corrected chi connectivity index (χ1v) is 6.18. The lowest BCUT2D eigenvalue weighted by atomic mass is 10.2. The highest BCUT2D eigenvalue weighted by Gasteiger charge is 2.25. The van der Waals surface area contributed by atoms with Crippen LogP contribution in [-0.2, 0) is 0 Å². The summed E-state index contributed by atoms with van der Waals surface area (Å²) < 4.78 is 26.8. The largest absolute Gasteiger partial charge is 0.366 e. The first-order valence-electron chi connectivity index (χ1n) is 6.18. The molecule has 2 aromatic heterocycles. The van der Waals surface area contributed by atoms with Crippen molar-refractivity contribution >= 4 is 23.1 Å². The van der Waals surface area contributed by atoms with Gasteiger partial charge >= 0.3 is 0 Å². The lowest BCUT2D eigenvalue weighted by Crippen LogP contribution is -2.21. The number of nitrogens with zero attached hydrogens (tertiary/aromatic N) is 3. The summed E-state index contributed by atoms with van der Waals surface area (Å²) in [5.74, 6) is -0.179. The standard InChI is InChI=1S/C13H11F2N5O/c14-11(15)10-3-5-17-12-9(7-18-20(10)12)13(21)19-8-2-1-4-16-6-8/h1-4,6-7,11,17H,5H2,(H,19,21). The molecule has 108 valence electrons. The Balaban J connectivity index is 1.88. The van der Waals surface area contributed by atoms with Gasteiger partial charge in [0.15, 0.2) is 0 Å². The summed E-state index contributed by atoms with van der Waals surface area (Å²) in [6.07, 6.45) is 3.02. The zero-order chi connectivity index (χ0) is 14.8. The van der Waals surface area contributed by atoms with Crippen LogP contribution in [0.1, 0.15) is 10.4 Å². The van der Waals surface area contributed by atoms with Crippen LogP contribution in [0, 0.1) is 0 Å². The molecule has 6 nitrogen and oxygen atoms in total. The van der Waals surface area contributed by atoms with E-state index in [1.54, 1.807) is 18.3 Å². The monoisotopic (exact) mass is 291 g/mol. The van der Waals surface area contributed by atoms with E-state index in [0.29, 0.717) is 5.69 Å². The Kier molecular flexibility index (Phi) is 3.35. The summed E-state index contributed by atoms with van der Waals surface area (Å²) in [7, 11) is 0. The number of fused-ring (bicyclic) bond motifs is 1. The summed E-state index contributed by atoms with van der Waals surface area (Å²) in [6, 6.07) is 3.36. The number of hydrogen-bond acceptors (Lipinski definition) is 4. The molecule has 0 unspecified atom stereocenters. The maximum Gasteiger partial charge on any atom is 0.280 e. The molecule has 0 atom stereocenters. The predicted octanol–water partition coefficient (Wildman–Crippen LogP) is 2.06. The van der Waals surface area contributed by atoms with Crippen LogP contribution in [0.2, 0.25) is 0 Å². The number of nitrogens with one attached hydrogen (secondary N) is 2. The average molecular weight is 291 g/mol. The average Bonchev–Trinajstić information content (AvgIpc) is 2.92. The lowest BCUT2D eigenvalue weighted by Gasteiger charge is -2.17. The molecule has 2 aromatic rings. The number of pyridine rings is 1. The molecule has 0 aliphatic carbocycles. The highest BCUT2D eigenvalue weighted by Crippen LogP contribution is 2.26. The molecule has 0 bridgehead atoms. The summed E-state index contributed by atoms with van der Waals surface area (Å²) in [5.41, 5.74) is 0.483. The third-order valence-corrected chi connectivity index (χ3v) is 2.98. The van der Waals surface area contributed by atoms with Gasteiger partial charge in [-0.05, 0) is 18.2 Å². The van der Waals surface area contributed by atoms with Gasteiger partial charge in [0, 0.05) is 12.7 Å². The maximum atomic E-state index is 12.9. The molecule has 0 spiro atoms.